The first-order valence-electron chi connectivity index (χ1n) is 6.67. The molecule has 1 aromatic carbocycles. The second kappa shape index (κ2) is 7.75. The van der Waals surface area contributed by atoms with Gasteiger partial charge in [0.25, 0.3) is 0 Å². The van der Waals surface area contributed by atoms with Crippen LogP contribution in [0.5, 0.6) is 0 Å². The number of ether oxygens (including phenoxy) is 1. The summed E-state index contributed by atoms with van der Waals surface area (Å²) in [6.45, 7) is 6.93. The van der Waals surface area contributed by atoms with E-state index in [1.54, 1.807) is 0 Å². The highest BCUT2D eigenvalue weighted by Gasteiger charge is 2.13. The molecule has 0 radical (unpaired) electrons. The van der Waals surface area contributed by atoms with E-state index in [-0.39, 0.29) is 11.9 Å². The molecule has 0 aliphatic heterocycles. The Labute approximate surface area is 110 Å². The van der Waals surface area contributed by atoms with Crippen LogP contribution in [0.15, 0.2) is 24.3 Å². The monoisotopic (exact) mass is 249 g/mol. The molecule has 1 aromatic rings. The van der Waals surface area contributed by atoms with Gasteiger partial charge in [0, 0.05) is 12.2 Å². The van der Waals surface area contributed by atoms with Gasteiger partial charge in [-0.1, -0.05) is 38.5 Å². The third kappa shape index (κ3) is 4.40. The fourth-order valence-corrected chi connectivity index (χ4v) is 1.81. The molecule has 0 amide bonds. The van der Waals surface area contributed by atoms with Crippen LogP contribution in [0.4, 0.5) is 5.69 Å². The molecule has 0 saturated carbocycles. The first kappa shape index (κ1) is 14.6. The molecule has 0 spiro atoms. The first-order valence-corrected chi connectivity index (χ1v) is 6.67. The van der Waals surface area contributed by atoms with Crippen LogP contribution in [0.3, 0.4) is 0 Å². The average molecular weight is 249 g/mol. The molecular weight excluding hydrogens is 226 g/mol. The van der Waals surface area contributed by atoms with E-state index in [1.807, 2.05) is 26.0 Å². The Balaban J connectivity index is 2.54. The quantitative estimate of drug-likeness (QED) is 0.754. The maximum absolute atomic E-state index is 11.5. The fraction of sp³-hybridized carbons (Fsp3) is 0.533. The number of carbonyl (C=O) groups is 1. The van der Waals surface area contributed by atoms with E-state index in [9.17, 15) is 4.79 Å². The fourth-order valence-electron chi connectivity index (χ4n) is 1.81. The summed E-state index contributed by atoms with van der Waals surface area (Å²) >= 11 is 0. The summed E-state index contributed by atoms with van der Waals surface area (Å²) in [5, 5.41) is 3.34. The van der Waals surface area contributed by atoms with Gasteiger partial charge in [-0.05, 0) is 25.0 Å². The second-order valence-corrected chi connectivity index (χ2v) is 4.44. The van der Waals surface area contributed by atoms with E-state index in [2.05, 4.69) is 24.4 Å². The highest BCUT2D eigenvalue weighted by atomic mass is 16.5. The number of hydrogen-bond donors (Lipinski definition) is 1. The molecule has 0 fully saturated rings. The zero-order valence-corrected chi connectivity index (χ0v) is 11.5. The van der Waals surface area contributed by atoms with Crippen molar-refractivity contribution in [1.29, 1.82) is 0 Å². The van der Waals surface area contributed by atoms with Gasteiger partial charge in [0.05, 0.1) is 12.5 Å². The summed E-state index contributed by atoms with van der Waals surface area (Å²) < 4.78 is 4.99. The van der Waals surface area contributed by atoms with Crippen molar-refractivity contribution < 1.29 is 9.53 Å². The molecule has 3 heteroatoms. The van der Waals surface area contributed by atoms with Crippen LogP contribution in [0.2, 0.25) is 0 Å². The Morgan fingerprint density at radius 2 is 2.06 bits per heavy atom. The van der Waals surface area contributed by atoms with Crippen LogP contribution >= 0.6 is 0 Å². The van der Waals surface area contributed by atoms with Crippen LogP contribution in [0.25, 0.3) is 0 Å². The molecule has 0 aliphatic rings. The van der Waals surface area contributed by atoms with Crippen LogP contribution in [-0.4, -0.2) is 19.1 Å². The van der Waals surface area contributed by atoms with Crippen molar-refractivity contribution in [3.05, 3.63) is 29.8 Å². The van der Waals surface area contributed by atoms with Crippen LogP contribution in [-0.2, 0) is 16.0 Å². The molecule has 18 heavy (non-hydrogen) atoms. The predicted octanol–water partition coefficient (Wildman–Crippen LogP) is 3.25. The predicted molar refractivity (Wildman–Crippen MR) is 74.7 cm³/mol. The lowest BCUT2D eigenvalue weighted by Crippen LogP contribution is -2.22. The minimum atomic E-state index is -0.141. The van der Waals surface area contributed by atoms with Gasteiger partial charge in [-0.15, -0.1) is 0 Å². The molecule has 1 unspecified atom stereocenters. The van der Waals surface area contributed by atoms with Crippen LogP contribution < -0.4 is 5.32 Å². The van der Waals surface area contributed by atoms with Gasteiger partial charge in [0.2, 0.25) is 0 Å². The van der Waals surface area contributed by atoms with Crippen molar-refractivity contribution >= 4 is 11.7 Å². The van der Waals surface area contributed by atoms with Gasteiger partial charge in [-0.25, -0.2) is 0 Å². The smallest absolute Gasteiger partial charge is 0.310 e. The number of hydrogen-bond acceptors (Lipinski definition) is 3. The maximum atomic E-state index is 11.5. The van der Waals surface area contributed by atoms with Gasteiger partial charge in [0.15, 0.2) is 0 Å². The molecule has 0 aliphatic carbocycles. The van der Waals surface area contributed by atoms with E-state index < -0.39 is 0 Å². The summed E-state index contributed by atoms with van der Waals surface area (Å²) in [5.41, 5.74) is 2.42. The highest BCUT2D eigenvalue weighted by molar-refractivity contribution is 5.72. The van der Waals surface area contributed by atoms with Gasteiger partial charge < -0.3 is 10.1 Å². The molecule has 3 nitrogen and oxygen atoms in total. The molecule has 0 bridgehead atoms. The van der Waals surface area contributed by atoms with Crippen molar-refractivity contribution in [2.24, 2.45) is 5.92 Å². The number of carbonyl (C=O) groups excluding carboxylic acids is 1. The summed E-state index contributed by atoms with van der Waals surface area (Å²) in [5.74, 6) is -0.266. The van der Waals surface area contributed by atoms with E-state index in [1.165, 1.54) is 5.56 Å². The van der Waals surface area contributed by atoms with Crippen molar-refractivity contribution in [1.82, 2.24) is 0 Å². The van der Waals surface area contributed by atoms with Crippen molar-refractivity contribution in [2.75, 3.05) is 18.5 Å². The average Bonchev–Trinajstić information content (AvgIpc) is 2.38. The number of anilines is 1. The zero-order valence-electron chi connectivity index (χ0n) is 11.5. The lowest BCUT2D eigenvalue weighted by molar-refractivity contribution is -0.146. The Morgan fingerprint density at radius 1 is 1.33 bits per heavy atom. The largest absolute Gasteiger partial charge is 0.466 e. The number of benzene rings is 1. The zero-order chi connectivity index (χ0) is 13.4. The standard InChI is InChI=1S/C15H23NO2/c1-4-8-13-9-6-7-10-14(13)16-11-12(3)15(17)18-5-2/h6-7,9-10,12,16H,4-5,8,11H2,1-3H3. The Bertz CT molecular complexity index is 377. The van der Waals surface area contributed by atoms with Gasteiger partial charge in [-0.3, -0.25) is 4.79 Å². The lowest BCUT2D eigenvalue weighted by Gasteiger charge is -2.15. The van der Waals surface area contributed by atoms with E-state index in [0.29, 0.717) is 13.2 Å². The molecule has 1 N–H and O–H groups in total. The lowest BCUT2D eigenvalue weighted by atomic mass is 10.1. The van der Waals surface area contributed by atoms with E-state index in [4.69, 9.17) is 4.74 Å². The minimum Gasteiger partial charge on any atom is -0.466 e. The molecular formula is C15H23NO2. The second-order valence-electron chi connectivity index (χ2n) is 4.44. The Hall–Kier alpha value is -1.51. The van der Waals surface area contributed by atoms with Crippen molar-refractivity contribution in [2.45, 2.75) is 33.6 Å². The Morgan fingerprint density at radius 3 is 2.72 bits per heavy atom. The van der Waals surface area contributed by atoms with E-state index in [0.717, 1.165) is 18.5 Å². The van der Waals surface area contributed by atoms with E-state index >= 15 is 0 Å². The van der Waals surface area contributed by atoms with Gasteiger partial charge in [0.1, 0.15) is 0 Å². The Kier molecular flexibility index (Phi) is 6.26. The molecule has 0 aromatic heterocycles. The van der Waals surface area contributed by atoms with Crippen molar-refractivity contribution in [3.8, 4) is 0 Å². The molecule has 0 saturated heterocycles. The van der Waals surface area contributed by atoms with Gasteiger partial charge in [-0.2, -0.15) is 0 Å². The summed E-state index contributed by atoms with van der Waals surface area (Å²) in [6.07, 6.45) is 2.17. The molecule has 1 rings (SSSR count). The van der Waals surface area contributed by atoms with Crippen molar-refractivity contribution in [3.63, 3.8) is 0 Å². The SMILES string of the molecule is CCCc1ccccc1NCC(C)C(=O)OCC. The number of esters is 1. The first-order chi connectivity index (χ1) is 8.69. The minimum absolute atomic E-state index is 0.125. The third-order valence-electron chi connectivity index (χ3n) is 2.82. The van der Waals surface area contributed by atoms with Gasteiger partial charge >= 0.3 is 5.97 Å². The van der Waals surface area contributed by atoms with Crippen LogP contribution in [0, 0.1) is 5.92 Å². The number of nitrogens with one attached hydrogen (secondary N) is 1. The summed E-state index contributed by atoms with van der Waals surface area (Å²) in [7, 11) is 0. The number of aryl methyl sites for hydroxylation is 1. The number of para-hydroxylation sites is 1. The summed E-state index contributed by atoms with van der Waals surface area (Å²) in [4.78, 5) is 11.5. The molecule has 100 valence electrons. The number of rotatable bonds is 7. The topological polar surface area (TPSA) is 38.3 Å². The highest BCUT2D eigenvalue weighted by Crippen LogP contribution is 2.17. The molecule has 1 atom stereocenters. The normalized spacial score (nSPS) is 11.9. The molecule has 0 heterocycles. The maximum Gasteiger partial charge on any atom is 0.310 e. The van der Waals surface area contributed by atoms with Crippen LogP contribution in [0.1, 0.15) is 32.8 Å². The summed E-state index contributed by atoms with van der Waals surface area (Å²) in [6, 6.07) is 8.24. The third-order valence-corrected chi connectivity index (χ3v) is 2.82.